The molecular formula is C19H16ClF3N4. The summed E-state index contributed by atoms with van der Waals surface area (Å²) in [5.74, 6) is -0.764. The molecule has 0 atom stereocenters. The number of benzene rings is 2. The Kier molecular flexibility index (Phi) is 4.55. The number of piperazine rings is 1. The molecule has 1 saturated heterocycles. The van der Waals surface area contributed by atoms with Gasteiger partial charge in [0.05, 0.1) is 5.52 Å². The van der Waals surface area contributed by atoms with E-state index in [0.29, 0.717) is 47.9 Å². The van der Waals surface area contributed by atoms with Crippen LogP contribution < -0.4 is 9.80 Å². The van der Waals surface area contributed by atoms with Gasteiger partial charge in [-0.15, -0.1) is 0 Å². The van der Waals surface area contributed by atoms with Crippen LogP contribution in [0, 0.1) is 0 Å². The lowest BCUT2D eigenvalue weighted by molar-refractivity contribution is -0.144. The van der Waals surface area contributed by atoms with Crippen molar-refractivity contribution in [2.75, 3.05) is 36.0 Å². The monoisotopic (exact) mass is 392 g/mol. The third-order valence-electron chi connectivity index (χ3n) is 4.61. The van der Waals surface area contributed by atoms with Gasteiger partial charge in [0, 0.05) is 42.3 Å². The minimum absolute atomic E-state index is 0.301. The van der Waals surface area contributed by atoms with Crippen LogP contribution in [0.5, 0.6) is 0 Å². The number of anilines is 2. The Morgan fingerprint density at radius 3 is 2.11 bits per heavy atom. The number of alkyl halides is 3. The Balaban J connectivity index is 1.62. The minimum Gasteiger partial charge on any atom is -0.368 e. The largest absolute Gasteiger partial charge is 0.451 e. The molecule has 4 rings (SSSR count). The Morgan fingerprint density at radius 1 is 0.815 bits per heavy atom. The quantitative estimate of drug-likeness (QED) is 0.636. The predicted octanol–water partition coefficient (Wildman–Crippen LogP) is 4.63. The summed E-state index contributed by atoms with van der Waals surface area (Å²) in [6, 6.07) is 14.4. The maximum absolute atomic E-state index is 13.2. The van der Waals surface area contributed by atoms with Gasteiger partial charge < -0.3 is 9.80 Å². The van der Waals surface area contributed by atoms with Crippen molar-refractivity contribution in [3.05, 3.63) is 59.4 Å². The van der Waals surface area contributed by atoms with E-state index in [9.17, 15) is 13.2 Å². The lowest BCUT2D eigenvalue weighted by Gasteiger charge is -2.37. The molecule has 0 radical (unpaired) electrons. The van der Waals surface area contributed by atoms with Crippen LogP contribution in [0.4, 0.5) is 24.7 Å². The standard InChI is InChI=1S/C19H16ClF3N4/c20-13-5-7-14(8-6-13)26-9-11-27(12-10-26)17-15-3-1-2-4-16(15)24-18(25-17)19(21,22)23/h1-8H,9-12H2. The van der Waals surface area contributed by atoms with E-state index < -0.39 is 12.0 Å². The molecule has 2 heterocycles. The van der Waals surface area contributed by atoms with Gasteiger partial charge in [0.15, 0.2) is 0 Å². The fourth-order valence-electron chi connectivity index (χ4n) is 3.26. The number of aromatic nitrogens is 2. The molecular weight excluding hydrogens is 377 g/mol. The summed E-state index contributed by atoms with van der Waals surface area (Å²) in [7, 11) is 0. The summed E-state index contributed by atoms with van der Waals surface area (Å²) in [4.78, 5) is 11.6. The highest BCUT2D eigenvalue weighted by Gasteiger charge is 2.36. The van der Waals surface area contributed by atoms with Crippen molar-refractivity contribution in [3.8, 4) is 0 Å². The Hall–Kier alpha value is -2.54. The first-order valence-electron chi connectivity index (χ1n) is 8.51. The first-order valence-corrected chi connectivity index (χ1v) is 8.89. The van der Waals surface area contributed by atoms with E-state index in [2.05, 4.69) is 14.9 Å². The van der Waals surface area contributed by atoms with Crippen LogP contribution in [0.2, 0.25) is 5.02 Å². The summed E-state index contributed by atoms with van der Waals surface area (Å²) < 4.78 is 39.6. The fourth-order valence-corrected chi connectivity index (χ4v) is 3.38. The predicted molar refractivity (Wildman–Crippen MR) is 100 cm³/mol. The molecule has 1 aliphatic heterocycles. The molecule has 140 valence electrons. The highest BCUT2D eigenvalue weighted by atomic mass is 35.5. The Bertz CT molecular complexity index is 951. The van der Waals surface area contributed by atoms with E-state index in [-0.39, 0.29) is 0 Å². The van der Waals surface area contributed by atoms with E-state index in [1.54, 1.807) is 24.3 Å². The molecule has 0 N–H and O–H groups in total. The summed E-state index contributed by atoms with van der Waals surface area (Å²) >= 11 is 5.93. The summed E-state index contributed by atoms with van der Waals surface area (Å²) in [6.07, 6.45) is -4.58. The number of hydrogen-bond acceptors (Lipinski definition) is 4. The molecule has 1 fully saturated rings. The van der Waals surface area contributed by atoms with Crippen molar-refractivity contribution < 1.29 is 13.2 Å². The maximum atomic E-state index is 13.2. The minimum atomic E-state index is -4.58. The molecule has 0 unspecified atom stereocenters. The second kappa shape index (κ2) is 6.88. The number of halogens is 4. The number of hydrogen-bond donors (Lipinski definition) is 0. The Morgan fingerprint density at radius 2 is 1.44 bits per heavy atom. The zero-order valence-electron chi connectivity index (χ0n) is 14.2. The van der Waals surface area contributed by atoms with E-state index in [1.807, 2.05) is 29.2 Å². The zero-order valence-corrected chi connectivity index (χ0v) is 15.0. The van der Waals surface area contributed by atoms with Gasteiger partial charge in [-0.1, -0.05) is 23.7 Å². The van der Waals surface area contributed by atoms with Gasteiger partial charge in [0.1, 0.15) is 5.82 Å². The van der Waals surface area contributed by atoms with Crippen LogP contribution in [0.1, 0.15) is 5.82 Å². The lowest BCUT2D eigenvalue weighted by Crippen LogP contribution is -2.47. The third-order valence-corrected chi connectivity index (χ3v) is 4.86. The molecule has 2 aromatic carbocycles. The highest BCUT2D eigenvalue weighted by Crippen LogP contribution is 2.32. The van der Waals surface area contributed by atoms with Crippen molar-refractivity contribution in [2.45, 2.75) is 6.18 Å². The molecule has 0 spiro atoms. The number of fused-ring (bicyclic) bond motifs is 1. The van der Waals surface area contributed by atoms with E-state index in [1.165, 1.54) is 0 Å². The van der Waals surface area contributed by atoms with Crippen LogP contribution in [0.15, 0.2) is 48.5 Å². The molecule has 0 saturated carbocycles. The second-order valence-corrected chi connectivity index (χ2v) is 6.77. The molecule has 0 bridgehead atoms. The molecule has 8 heteroatoms. The summed E-state index contributed by atoms with van der Waals surface area (Å²) in [5, 5.41) is 1.30. The molecule has 0 amide bonds. The molecule has 4 nitrogen and oxygen atoms in total. The average molecular weight is 393 g/mol. The number of nitrogens with zero attached hydrogens (tertiary/aromatic N) is 4. The van der Waals surface area contributed by atoms with Crippen LogP contribution in [-0.2, 0) is 6.18 Å². The zero-order chi connectivity index (χ0) is 19.0. The number of rotatable bonds is 2. The lowest BCUT2D eigenvalue weighted by atomic mass is 10.2. The second-order valence-electron chi connectivity index (χ2n) is 6.34. The summed E-state index contributed by atoms with van der Waals surface area (Å²) in [5.41, 5.74) is 1.34. The van der Waals surface area contributed by atoms with Crippen molar-refractivity contribution in [1.82, 2.24) is 9.97 Å². The van der Waals surface area contributed by atoms with Gasteiger partial charge in [0.2, 0.25) is 5.82 Å². The van der Waals surface area contributed by atoms with Crippen LogP contribution >= 0.6 is 11.6 Å². The van der Waals surface area contributed by atoms with Crippen molar-refractivity contribution in [1.29, 1.82) is 0 Å². The Labute approximate surface area is 159 Å². The first-order chi connectivity index (χ1) is 12.9. The van der Waals surface area contributed by atoms with Gasteiger partial charge >= 0.3 is 6.18 Å². The van der Waals surface area contributed by atoms with Gasteiger partial charge in [-0.2, -0.15) is 13.2 Å². The van der Waals surface area contributed by atoms with Crippen molar-refractivity contribution in [2.24, 2.45) is 0 Å². The normalized spacial score (nSPS) is 15.4. The molecule has 27 heavy (non-hydrogen) atoms. The van der Waals surface area contributed by atoms with Gasteiger partial charge in [-0.25, -0.2) is 9.97 Å². The van der Waals surface area contributed by atoms with E-state index in [4.69, 9.17) is 11.6 Å². The highest BCUT2D eigenvalue weighted by molar-refractivity contribution is 6.30. The SMILES string of the molecule is FC(F)(F)c1nc(N2CCN(c3ccc(Cl)cc3)CC2)c2ccccc2n1. The smallest absolute Gasteiger partial charge is 0.368 e. The van der Waals surface area contributed by atoms with Crippen LogP contribution in [0.3, 0.4) is 0 Å². The topological polar surface area (TPSA) is 32.3 Å². The van der Waals surface area contributed by atoms with Crippen LogP contribution in [-0.4, -0.2) is 36.1 Å². The molecule has 1 aromatic heterocycles. The first kappa shape index (κ1) is 17.9. The fraction of sp³-hybridized carbons (Fsp3) is 0.263. The summed E-state index contributed by atoms with van der Waals surface area (Å²) in [6.45, 7) is 2.50. The van der Waals surface area contributed by atoms with E-state index in [0.717, 1.165) is 5.69 Å². The average Bonchev–Trinajstić information content (AvgIpc) is 2.67. The number of para-hydroxylation sites is 1. The van der Waals surface area contributed by atoms with Crippen molar-refractivity contribution >= 4 is 34.0 Å². The molecule has 3 aromatic rings. The van der Waals surface area contributed by atoms with Gasteiger partial charge in [0.25, 0.3) is 0 Å². The van der Waals surface area contributed by atoms with Crippen LogP contribution in [0.25, 0.3) is 10.9 Å². The molecule has 0 aliphatic carbocycles. The van der Waals surface area contributed by atoms with Crippen molar-refractivity contribution in [3.63, 3.8) is 0 Å². The third kappa shape index (κ3) is 3.64. The van der Waals surface area contributed by atoms with Gasteiger partial charge in [-0.05, 0) is 36.4 Å². The van der Waals surface area contributed by atoms with Gasteiger partial charge in [-0.3, -0.25) is 0 Å². The maximum Gasteiger partial charge on any atom is 0.451 e. The van der Waals surface area contributed by atoms with E-state index >= 15 is 0 Å². The molecule has 1 aliphatic rings.